The van der Waals surface area contributed by atoms with E-state index < -0.39 is 28.5 Å². The summed E-state index contributed by atoms with van der Waals surface area (Å²) < 4.78 is 14.9. The van der Waals surface area contributed by atoms with Gasteiger partial charge in [-0.2, -0.15) is 4.31 Å². The first-order chi connectivity index (χ1) is 16.6. The summed E-state index contributed by atoms with van der Waals surface area (Å²) in [6, 6.07) is 15.7. The van der Waals surface area contributed by atoms with E-state index in [0.29, 0.717) is 29.1 Å². The number of aliphatic hydroxyl groups is 1. The van der Waals surface area contributed by atoms with Crippen LogP contribution in [0.2, 0.25) is 5.02 Å². The molecule has 3 atom stereocenters. The molecule has 3 N–H and O–H groups in total. The van der Waals surface area contributed by atoms with Crippen LogP contribution in [-0.2, 0) is 19.7 Å². The van der Waals surface area contributed by atoms with E-state index in [9.17, 15) is 15.0 Å². The van der Waals surface area contributed by atoms with E-state index >= 15 is 0 Å². The number of rotatable bonds is 9. The van der Waals surface area contributed by atoms with E-state index in [4.69, 9.17) is 20.0 Å². The molecule has 2 aromatic rings. The fourth-order valence-corrected chi connectivity index (χ4v) is 7.42. The average molecular weight is 523 g/mol. The molecule has 1 heterocycles. The summed E-state index contributed by atoms with van der Waals surface area (Å²) in [5.74, 6) is -0.516. The number of nitrogens with zero attached hydrogens (tertiary/aromatic N) is 1. The normalized spacial score (nSPS) is 23.9. The standard InChI is InChI=1S/C26H35ClN2O5S/c1-18-6-4-5-7-23(18)29(35(33-17-34-35)22-14-12-21(27)13-15-22)16-19-8-10-20(11-9-19)24(30)28-26(2,3)25(31)32/h8-15,18,23-24,28,30H,4-7,16-17H2,1-3H3,(H,31,32). The number of halogens is 1. The van der Waals surface area contributed by atoms with E-state index in [1.54, 1.807) is 0 Å². The third-order valence-electron chi connectivity index (χ3n) is 6.94. The van der Waals surface area contributed by atoms with Crippen molar-refractivity contribution in [1.82, 2.24) is 9.62 Å². The molecule has 1 saturated carbocycles. The van der Waals surface area contributed by atoms with Crippen LogP contribution < -0.4 is 5.32 Å². The van der Waals surface area contributed by atoms with E-state index in [2.05, 4.69) is 16.5 Å². The molecule has 7 nitrogen and oxygen atoms in total. The summed E-state index contributed by atoms with van der Waals surface area (Å²) in [6.07, 6.45) is 3.59. The zero-order chi connectivity index (χ0) is 25.2. The first-order valence-electron chi connectivity index (χ1n) is 12.0. The van der Waals surface area contributed by atoms with Crippen molar-refractivity contribution in [3.05, 3.63) is 64.7 Å². The third-order valence-corrected chi connectivity index (χ3v) is 9.91. The predicted octanol–water partition coefficient (Wildman–Crippen LogP) is 5.78. The molecule has 0 spiro atoms. The minimum atomic E-state index is -2.08. The first-order valence-corrected chi connectivity index (χ1v) is 13.9. The molecular formula is C26H35ClN2O5S. The van der Waals surface area contributed by atoms with Gasteiger partial charge >= 0.3 is 5.97 Å². The van der Waals surface area contributed by atoms with Gasteiger partial charge in [-0.25, -0.2) is 8.37 Å². The Kier molecular flexibility index (Phi) is 8.12. The Morgan fingerprint density at radius 2 is 1.77 bits per heavy atom. The van der Waals surface area contributed by atoms with E-state index in [1.807, 2.05) is 48.5 Å². The van der Waals surface area contributed by atoms with E-state index in [0.717, 1.165) is 16.9 Å². The predicted molar refractivity (Wildman–Crippen MR) is 138 cm³/mol. The van der Waals surface area contributed by atoms with Crippen LogP contribution in [0, 0.1) is 5.92 Å². The Labute approximate surface area is 214 Å². The topological polar surface area (TPSA) is 91.3 Å². The molecule has 0 radical (unpaired) electrons. The Bertz CT molecular complexity index is 1010. The highest BCUT2D eigenvalue weighted by Gasteiger charge is 2.44. The molecule has 2 fully saturated rings. The fourth-order valence-electron chi connectivity index (χ4n) is 4.73. The smallest absolute Gasteiger partial charge is 0.323 e. The van der Waals surface area contributed by atoms with Crippen molar-refractivity contribution in [3.63, 3.8) is 0 Å². The Balaban J connectivity index is 1.59. The van der Waals surface area contributed by atoms with Crippen LogP contribution in [0.5, 0.6) is 0 Å². The molecule has 192 valence electrons. The van der Waals surface area contributed by atoms with Crippen molar-refractivity contribution in [1.29, 1.82) is 0 Å². The van der Waals surface area contributed by atoms with Crippen molar-refractivity contribution < 1.29 is 23.4 Å². The van der Waals surface area contributed by atoms with Gasteiger partial charge < -0.3 is 10.2 Å². The molecule has 1 saturated heterocycles. The van der Waals surface area contributed by atoms with Gasteiger partial charge in [0.05, 0.1) is 4.90 Å². The second-order valence-electron chi connectivity index (χ2n) is 9.91. The minimum Gasteiger partial charge on any atom is -0.480 e. The van der Waals surface area contributed by atoms with Crippen molar-refractivity contribution in [2.24, 2.45) is 5.92 Å². The molecule has 3 unspecified atom stereocenters. The number of carbonyl (C=O) groups is 1. The van der Waals surface area contributed by atoms with Crippen LogP contribution in [0.15, 0.2) is 53.4 Å². The maximum atomic E-state index is 11.4. The molecule has 4 rings (SSSR count). The lowest BCUT2D eigenvalue weighted by molar-refractivity contribution is -0.145. The third kappa shape index (κ3) is 5.69. The Morgan fingerprint density at radius 1 is 1.14 bits per heavy atom. The highest BCUT2D eigenvalue weighted by atomic mass is 35.5. The zero-order valence-corrected chi connectivity index (χ0v) is 22.0. The summed E-state index contributed by atoms with van der Waals surface area (Å²) >= 11 is 6.16. The molecule has 0 bridgehead atoms. The maximum absolute atomic E-state index is 11.4. The number of benzene rings is 2. The molecule has 35 heavy (non-hydrogen) atoms. The number of aliphatic hydroxyl groups excluding tert-OH is 1. The van der Waals surface area contributed by atoms with Crippen molar-refractivity contribution in [2.45, 2.75) is 75.7 Å². The highest BCUT2D eigenvalue weighted by Crippen LogP contribution is 2.68. The van der Waals surface area contributed by atoms with Gasteiger partial charge in [0.25, 0.3) is 0 Å². The molecular weight excluding hydrogens is 488 g/mol. The number of hydrogen-bond acceptors (Lipinski definition) is 6. The van der Waals surface area contributed by atoms with Crippen LogP contribution in [0.25, 0.3) is 0 Å². The largest absolute Gasteiger partial charge is 0.480 e. The summed E-state index contributed by atoms with van der Waals surface area (Å²) in [5, 5.41) is 23.3. The number of hydrogen-bond donors (Lipinski definition) is 3. The van der Waals surface area contributed by atoms with Gasteiger partial charge in [0.15, 0.2) is 6.79 Å². The molecule has 0 amide bonds. The second kappa shape index (κ2) is 10.8. The summed E-state index contributed by atoms with van der Waals surface area (Å²) in [6.45, 7) is 6.25. The van der Waals surface area contributed by atoms with Crippen molar-refractivity contribution in [3.8, 4) is 0 Å². The van der Waals surface area contributed by atoms with Crippen LogP contribution in [0.4, 0.5) is 0 Å². The first kappa shape index (κ1) is 26.4. The highest BCUT2D eigenvalue weighted by molar-refractivity contribution is 8.24. The van der Waals surface area contributed by atoms with E-state index in [-0.39, 0.29) is 6.79 Å². The van der Waals surface area contributed by atoms with Gasteiger partial charge in [-0.15, -0.1) is 0 Å². The molecule has 1 aliphatic heterocycles. The summed E-state index contributed by atoms with van der Waals surface area (Å²) in [7, 11) is -2.08. The lowest BCUT2D eigenvalue weighted by Gasteiger charge is -2.59. The van der Waals surface area contributed by atoms with Gasteiger partial charge in [-0.05, 0) is 68.0 Å². The number of nitrogens with one attached hydrogen (secondary N) is 1. The number of carboxylic acid groups (broad SMARTS) is 1. The van der Waals surface area contributed by atoms with Crippen LogP contribution >= 0.6 is 22.4 Å². The minimum absolute atomic E-state index is 0.270. The molecule has 2 aromatic carbocycles. The van der Waals surface area contributed by atoms with E-state index in [1.165, 1.54) is 33.1 Å². The van der Waals surface area contributed by atoms with Crippen LogP contribution in [0.1, 0.15) is 63.8 Å². The molecule has 2 aliphatic rings. The van der Waals surface area contributed by atoms with Gasteiger partial charge in [0.1, 0.15) is 11.8 Å². The molecule has 9 heteroatoms. The second-order valence-corrected chi connectivity index (χ2v) is 12.7. The van der Waals surface area contributed by atoms with Gasteiger partial charge in [0.2, 0.25) is 0 Å². The van der Waals surface area contributed by atoms with Gasteiger partial charge in [-0.3, -0.25) is 10.1 Å². The Hall–Kier alpha value is -1.65. The lowest BCUT2D eigenvalue weighted by atomic mass is 9.86. The quantitative estimate of drug-likeness (QED) is 0.360. The van der Waals surface area contributed by atoms with Gasteiger partial charge in [0, 0.05) is 17.6 Å². The maximum Gasteiger partial charge on any atom is 0.323 e. The Morgan fingerprint density at radius 3 is 2.31 bits per heavy atom. The number of carboxylic acids is 1. The molecule has 0 aromatic heterocycles. The average Bonchev–Trinajstić information content (AvgIpc) is 2.79. The van der Waals surface area contributed by atoms with Crippen molar-refractivity contribution >= 4 is 28.3 Å². The zero-order valence-electron chi connectivity index (χ0n) is 20.4. The SMILES string of the molecule is CC1CCCCC1N(Cc1ccc(C(O)NC(C)(C)C(=O)O)cc1)S1(c2ccc(Cl)cc2)OCO1. The summed E-state index contributed by atoms with van der Waals surface area (Å²) in [5.41, 5.74) is 0.423. The lowest BCUT2D eigenvalue weighted by Crippen LogP contribution is -2.48. The number of aliphatic carboxylic acids is 1. The van der Waals surface area contributed by atoms with Crippen molar-refractivity contribution in [2.75, 3.05) is 6.79 Å². The molecule has 1 aliphatic carbocycles. The summed E-state index contributed by atoms with van der Waals surface area (Å²) in [4.78, 5) is 12.4. The monoisotopic (exact) mass is 522 g/mol. The van der Waals surface area contributed by atoms with Gasteiger partial charge in [-0.1, -0.05) is 66.4 Å². The van der Waals surface area contributed by atoms with Crippen LogP contribution in [0.3, 0.4) is 0 Å². The fraction of sp³-hybridized carbons (Fsp3) is 0.500. The van der Waals surface area contributed by atoms with Crippen LogP contribution in [-0.4, -0.2) is 38.9 Å².